The summed E-state index contributed by atoms with van der Waals surface area (Å²) in [5, 5.41) is 19.3. The number of anilines is 4. The lowest BCUT2D eigenvalue weighted by Gasteiger charge is -2.13. The first-order valence-corrected chi connectivity index (χ1v) is 10.7. The maximum Gasteiger partial charge on any atom is 0.251 e. The summed E-state index contributed by atoms with van der Waals surface area (Å²) < 4.78 is 14.5. The van der Waals surface area contributed by atoms with E-state index in [1.807, 2.05) is 6.92 Å². The van der Waals surface area contributed by atoms with Gasteiger partial charge in [0, 0.05) is 35.6 Å². The molecule has 2 aromatic heterocycles. The predicted octanol–water partition coefficient (Wildman–Crippen LogP) is 4.46. The number of carbonyl (C=O) groups excluding carboxylic acids is 1. The highest BCUT2D eigenvalue weighted by Crippen LogP contribution is 2.30. The molecule has 2 aliphatic heterocycles. The summed E-state index contributed by atoms with van der Waals surface area (Å²) in [5.41, 5.74) is 4.19. The molecular formula is C25H21FN6O2. The number of hydrogen-bond donors (Lipinski definition) is 4. The third-order valence-corrected chi connectivity index (χ3v) is 5.55. The molecule has 6 rings (SSSR count). The quantitative estimate of drug-likeness (QED) is 0.228. The van der Waals surface area contributed by atoms with Gasteiger partial charge in [-0.2, -0.15) is 9.37 Å². The van der Waals surface area contributed by atoms with Gasteiger partial charge in [0.05, 0.1) is 11.4 Å². The highest BCUT2D eigenvalue weighted by Gasteiger charge is 2.13. The number of benzene rings is 2. The third kappa shape index (κ3) is 4.36. The van der Waals surface area contributed by atoms with Crippen molar-refractivity contribution in [2.24, 2.45) is 0 Å². The molecule has 8 nitrogen and oxygen atoms in total. The Morgan fingerprint density at radius 2 is 1.71 bits per heavy atom. The molecule has 9 heteroatoms. The van der Waals surface area contributed by atoms with Crippen LogP contribution in [0.4, 0.5) is 27.5 Å². The number of nitrogens with zero attached hydrogens (tertiary/aromatic N) is 3. The average molecular weight is 456 g/mol. The Hall–Kier alpha value is -4.53. The van der Waals surface area contributed by atoms with Crippen LogP contribution in [-0.2, 0) is 6.42 Å². The predicted molar refractivity (Wildman–Crippen MR) is 127 cm³/mol. The van der Waals surface area contributed by atoms with Gasteiger partial charge in [0.15, 0.2) is 0 Å². The van der Waals surface area contributed by atoms with E-state index in [4.69, 9.17) is 0 Å². The van der Waals surface area contributed by atoms with Crippen molar-refractivity contribution in [1.29, 1.82) is 0 Å². The third-order valence-electron chi connectivity index (χ3n) is 5.55. The minimum Gasteiger partial charge on any atom is -0.506 e. The number of rotatable bonds is 0. The highest BCUT2D eigenvalue weighted by atomic mass is 19.1. The van der Waals surface area contributed by atoms with Crippen molar-refractivity contribution in [3.8, 4) is 16.9 Å². The van der Waals surface area contributed by atoms with Crippen LogP contribution in [0.2, 0.25) is 0 Å². The number of aromatic hydroxyl groups is 1. The van der Waals surface area contributed by atoms with E-state index in [2.05, 4.69) is 30.9 Å². The van der Waals surface area contributed by atoms with Crippen molar-refractivity contribution in [2.45, 2.75) is 13.3 Å². The molecule has 8 bridgehead atoms. The largest absolute Gasteiger partial charge is 0.506 e. The lowest BCUT2D eigenvalue weighted by atomic mass is 10.0. The number of hydrogen-bond acceptors (Lipinski definition) is 7. The molecule has 1 amide bonds. The second-order valence-electron chi connectivity index (χ2n) is 7.97. The van der Waals surface area contributed by atoms with Crippen molar-refractivity contribution in [3.63, 3.8) is 0 Å². The molecule has 2 aromatic carbocycles. The van der Waals surface area contributed by atoms with Gasteiger partial charge in [-0.1, -0.05) is 18.2 Å². The van der Waals surface area contributed by atoms with E-state index in [0.717, 1.165) is 16.7 Å². The smallest absolute Gasteiger partial charge is 0.251 e. The number of nitrogens with one attached hydrogen (secondary N) is 3. The molecular weight excluding hydrogens is 435 g/mol. The molecule has 2 aliphatic rings. The number of phenolic OH excluding ortho intramolecular Hbond substituents is 1. The van der Waals surface area contributed by atoms with Gasteiger partial charge < -0.3 is 21.1 Å². The average Bonchev–Trinajstić information content (AvgIpc) is 2.84. The molecule has 170 valence electrons. The van der Waals surface area contributed by atoms with Crippen molar-refractivity contribution in [3.05, 3.63) is 83.6 Å². The summed E-state index contributed by atoms with van der Waals surface area (Å²) in [4.78, 5) is 25.1. The first kappa shape index (κ1) is 21.3. The zero-order valence-electron chi connectivity index (χ0n) is 18.3. The Morgan fingerprint density at radius 3 is 2.53 bits per heavy atom. The van der Waals surface area contributed by atoms with Crippen LogP contribution in [0.25, 0.3) is 11.1 Å². The van der Waals surface area contributed by atoms with Crippen LogP contribution < -0.4 is 16.0 Å². The number of aryl methyl sites for hydroxylation is 1. The summed E-state index contributed by atoms with van der Waals surface area (Å²) in [5.74, 6) is -0.215. The van der Waals surface area contributed by atoms with E-state index in [1.165, 1.54) is 6.20 Å². The summed E-state index contributed by atoms with van der Waals surface area (Å²) in [6.07, 6.45) is 3.60. The molecule has 34 heavy (non-hydrogen) atoms. The molecule has 0 radical (unpaired) electrons. The van der Waals surface area contributed by atoms with Crippen molar-refractivity contribution >= 4 is 29.0 Å². The monoisotopic (exact) mass is 456 g/mol. The van der Waals surface area contributed by atoms with Crippen LogP contribution in [-0.4, -0.2) is 32.5 Å². The number of amides is 1. The zero-order chi connectivity index (χ0) is 23.7. The molecule has 4 N–H and O–H groups in total. The maximum atomic E-state index is 14.5. The summed E-state index contributed by atoms with van der Waals surface area (Å²) >= 11 is 0. The van der Waals surface area contributed by atoms with Crippen molar-refractivity contribution in [2.75, 3.05) is 17.2 Å². The van der Waals surface area contributed by atoms with Crippen molar-refractivity contribution < 1.29 is 14.3 Å². The Morgan fingerprint density at radius 1 is 0.912 bits per heavy atom. The van der Waals surface area contributed by atoms with E-state index in [-0.39, 0.29) is 23.3 Å². The summed E-state index contributed by atoms with van der Waals surface area (Å²) in [6.45, 7) is 2.25. The van der Waals surface area contributed by atoms with Crippen LogP contribution in [0.5, 0.6) is 5.75 Å². The molecule has 0 atom stereocenters. The molecule has 0 saturated heterocycles. The van der Waals surface area contributed by atoms with Gasteiger partial charge in [-0.25, -0.2) is 9.97 Å². The minimum atomic E-state index is -0.699. The lowest BCUT2D eigenvalue weighted by Crippen LogP contribution is -2.25. The standard InChI is InChI=1S/C25H21FN6O2/c1-14-12-29-25-31-20-11-18(13-28-22(20)26)16-3-5-17(6-4-16)24(34)27-9-8-15-2-7-21(33)19(10-15)30-23(14)32-25/h2-7,10-13,33H,8-9H2,1H3,(H,27,34)(H2,29,30,31,32). The fourth-order valence-corrected chi connectivity index (χ4v) is 3.65. The molecule has 0 spiro atoms. The molecule has 0 saturated carbocycles. The fourth-order valence-electron chi connectivity index (χ4n) is 3.65. The number of carbonyl (C=O) groups is 1. The number of fused-ring (bicyclic) bond motifs is 5. The Kier molecular flexibility index (Phi) is 5.51. The van der Waals surface area contributed by atoms with E-state index in [9.17, 15) is 14.3 Å². The topological polar surface area (TPSA) is 112 Å². The number of aromatic nitrogens is 3. The summed E-state index contributed by atoms with van der Waals surface area (Å²) in [6, 6.07) is 13.8. The van der Waals surface area contributed by atoms with Crippen LogP contribution in [0.3, 0.4) is 0 Å². The SMILES string of the molecule is Cc1cnc2nc1Nc1cc(ccc1O)CCNC(=O)c1ccc(cc1)-c1cnc(F)c(c1)N2. The van der Waals surface area contributed by atoms with Gasteiger partial charge >= 0.3 is 0 Å². The van der Waals surface area contributed by atoms with E-state index < -0.39 is 5.95 Å². The van der Waals surface area contributed by atoms with Crippen LogP contribution >= 0.6 is 0 Å². The molecule has 4 heterocycles. The molecule has 0 fully saturated rings. The zero-order valence-corrected chi connectivity index (χ0v) is 18.3. The van der Waals surface area contributed by atoms with Gasteiger partial charge in [-0.05, 0) is 54.8 Å². The minimum absolute atomic E-state index is 0.0500. The van der Waals surface area contributed by atoms with E-state index in [0.29, 0.717) is 35.6 Å². The Labute approximate surface area is 194 Å². The molecule has 0 aliphatic carbocycles. The number of halogens is 1. The molecule has 4 aromatic rings. The molecule has 0 unspecified atom stereocenters. The first-order chi connectivity index (χ1) is 16.5. The van der Waals surface area contributed by atoms with Gasteiger partial charge in [-0.15, -0.1) is 0 Å². The first-order valence-electron chi connectivity index (χ1n) is 10.7. The second kappa shape index (κ2) is 8.78. The van der Waals surface area contributed by atoms with E-state index >= 15 is 0 Å². The number of pyridine rings is 1. The maximum absolute atomic E-state index is 14.5. The highest BCUT2D eigenvalue weighted by molar-refractivity contribution is 5.94. The fraction of sp³-hybridized carbons (Fsp3) is 0.120. The van der Waals surface area contributed by atoms with E-state index in [1.54, 1.807) is 54.7 Å². The van der Waals surface area contributed by atoms with Gasteiger partial charge in [0.2, 0.25) is 11.9 Å². The Balaban J connectivity index is 1.59. The van der Waals surface area contributed by atoms with Gasteiger partial charge in [0.25, 0.3) is 5.91 Å². The van der Waals surface area contributed by atoms with Gasteiger partial charge in [-0.3, -0.25) is 4.79 Å². The normalized spacial score (nSPS) is 13.1. The second-order valence-corrected chi connectivity index (χ2v) is 7.97. The van der Waals surface area contributed by atoms with Crippen LogP contribution in [0.15, 0.2) is 60.9 Å². The van der Waals surface area contributed by atoms with Gasteiger partial charge in [0.1, 0.15) is 11.6 Å². The Bertz CT molecular complexity index is 1390. The number of phenols is 1. The summed E-state index contributed by atoms with van der Waals surface area (Å²) in [7, 11) is 0. The lowest BCUT2D eigenvalue weighted by molar-refractivity contribution is 0.0954. The van der Waals surface area contributed by atoms with Crippen LogP contribution in [0.1, 0.15) is 21.5 Å². The van der Waals surface area contributed by atoms with Crippen LogP contribution in [0, 0.1) is 12.9 Å². The van der Waals surface area contributed by atoms with Crippen molar-refractivity contribution in [1.82, 2.24) is 20.3 Å².